The maximum atomic E-state index is 12.6. The number of nitrogens with one attached hydrogen (secondary N) is 2. The zero-order valence-corrected chi connectivity index (χ0v) is 20.4. The second-order valence-corrected chi connectivity index (χ2v) is 8.83. The third kappa shape index (κ3) is 5.89. The molecule has 3 aromatic carbocycles. The minimum atomic E-state index is -0.173. The van der Waals surface area contributed by atoms with E-state index in [1.807, 2.05) is 47.0 Å². The molecule has 0 saturated carbocycles. The highest BCUT2D eigenvalue weighted by Crippen LogP contribution is 2.28. The number of carbonyl (C=O) groups excluding carboxylic acids is 1. The Labute approximate surface area is 207 Å². The molecule has 0 aliphatic carbocycles. The van der Waals surface area contributed by atoms with E-state index in [-0.39, 0.29) is 11.7 Å². The predicted molar refractivity (Wildman–Crippen MR) is 137 cm³/mol. The monoisotopic (exact) mass is 493 g/mol. The number of carbonyl (C=O) groups is 1. The number of methoxy groups -OCH3 is 1. The number of hydrogen-bond acceptors (Lipinski definition) is 6. The Bertz CT molecular complexity index is 1280. The van der Waals surface area contributed by atoms with Gasteiger partial charge in [0, 0.05) is 17.1 Å². The van der Waals surface area contributed by atoms with E-state index in [4.69, 9.17) is 16.3 Å². The molecule has 0 spiro atoms. The van der Waals surface area contributed by atoms with E-state index in [1.54, 1.807) is 25.3 Å². The van der Waals surface area contributed by atoms with Gasteiger partial charge >= 0.3 is 0 Å². The van der Waals surface area contributed by atoms with E-state index in [0.29, 0.717) is 28.2 Å². The highest BCUT2D eigenvalue weighted by molar-refractivity contribution is 7.99. The number of aromatic nitrogens is 3. The number of ether oxygens (including phenoxy) is 1. The van der Waals surface area contributed by atoms with Crippen molar-refractivity contribution < 1.29 is 9.53 Å². The van der Waals surface area contributed by atoms with Crippen LogP contribution in [0.1, 0.15) is 11.4 Å². The summed E-state index contributed by atoms with van der Waals surface area (Å²) in [5.74, 6) is 1.29. The van der Waals surface area contributed by atoms with Crippen LogP contribution < -0.4 is 15.4 Å². The highest BCUT2D eigenvalue weighted by atomic mass is 35.5. The summed E-state index contributed by atoms with van der Waals surface area (Å²) in [5.41, 5.74) is 3.71. The van der Waals surface area contributed by atoms with Gasteiger partial charge in [-0.05, 0) is 55.0 Å². The second kappa shape index (κ2) is 11.1. The van der Waals surface area contributed by atoms with Gasteiger partial charge in [-0.1, -0.05) is 53.7 Å². The lowest BCUT2D eigenvalue weighted by atomic mass is 10.2. The number of amides is 1. The molecule has 1 heterocycles. The van der Waals surface area contributed by atoms with Gasteiger partial charge in [0.25, 0.3) is 0 Å². The molecule has 0 aliphatic heterocycles. The summed E-state index contributed by atoms with van der Waals surface area (Å²) in [4.78, 5) is 12.6. The summed E-state index contributed by atoms with van der Waals surface area (Å²) in [6.07, 6.45) is 0. The van der Waals surface area contributed by atoms with Gasteiger partial charge in [-0.3, -0.25) is 9.36 Å². The van der Waals surface area contributed by atoms with E-state index in [0.717, 1.165) is 17.2 Å². The minimum Gasteiger partial charge on any atom is -0.495 e. The summed E-state index contributed by atoms with van der Waals surface area (Å²) in [5, 5.41) is 16.1. The first-order valence-corrected chi connectivity index (χ1v) is 12.0. The molecular weight excluding hydrogens is 470 g/mol. The minimum absolute atomic E-state index is 0.167. The van der Waals surface area contributed by atoms with Gasteiger partial charge < -0.3 is 15.4 Å². The lowest BCUT2D eigenvalue weighted by Crippen LogP contribution is -2.15. The van der Waals surface area contributed by atoms with Crippen LogP contribution in [0.25, 0.3) is 5.69 Å². The first-order valence-electron chi connectivity index (χ1n) is 10.6. The van der Waals surface area contributed by atoms with E-state index in [2.05, 4.69) is 39.9 Å². The van der Waals surface area contributed by atoms with Crippen LogP contribution in [0.2, 0.25) is 5.02 Å². The lowest BCUT2D eigenvalue weighted by molar-refractivity contribution is -0.113. The molecule has 0 radical (unpaired) electrons. The van der Waals surface area contributed by atoms with Gasteiger partial charge in [0.1, 0.15) is 5.75 Å². The summed E-state index contributed by atoms with van der Waals surface area (Å²) < 4.78 is 7.11. The molecule has 0 bridgehead atoms. The molecule has 174 valence electrons. The number of thioether (sulfide) groups is 1. The maximum Gasteiger partial charge on any atom is 0.234 e. The Morgan fingerprint density at radius 2 is 1.85 bits per heavy atom. The molecule has 1 aromatic heterocycles. The number of para-hydroxylation sites is 1. The van der Waals surface area contributed by atoms with E-state index < -0.39 is 0 Å². The number of halogens is 1. The molecular formula is C25H24ClN5O2S. The Hall–Kier alpha value is -3.49. The van der Waals surface area contributed by atoms with Crippen LogP contribution in [0.4, 0.5) is 11.4 Å². The van der Waals surface area contributed by atoms with Crippen LogP contribution in [0.3, 0.4) is 0 Å². The van der Waals surface area contributed by atoms with E-state index in [9.17, 15) is 4.79 Å². The molecule has 0 aliphatic rings. The second-order valence-electron chi connectivity index (χ2n) is 7.48. The molecule has 7 nitrogen and oxygen atoms in total. The Morgan fingerprint density at radius 1 is 1.03 bits per heavy atom. The van der Waals surface area contributed by atoms with Crippen molar-refractivity contribution in [3.05, 3.63) is 89.2 Å². The molecule has 4 aromatic rings. The van der Waals surface area contributed by atoms with E-state index in [1.165, 1.54) is 17.3 Å². The molecule has 2 N–H and O–H groups in total. The smallest absolute Gasteiger partial charge is 0.234 e. The van der Waals surface area contributed by atoms with Crippen molar-refractivity contribution in [2.24, 2.45) is 0 Å². The van der Waals surface area contributed by atoms with Crippen LogP contribution in [-0.4, -0.2) is 33.5 Å². The summed E-state index contributed by atoms with van der Waals surface area (Å²) in [6, 6.07) is 23.1. The first kappa shape index (κ1) is 23.7. The average molecular weight is 494 g/mol. The summed E-state index contributed by atoms with van der Waals surface area (Å²) in [7, 11) is 1.55. The SMILES string of the molecule is COc1ccc(NC(=O)CSc2nnc(CNc3cccc(C)c3)n2-c2ccccc2)cc1Cl. The van der Waals surface area contributed by atoms with Crippen molar-refractivity contribution in [1.82, 2.24) is 14.8 Å². The van der Waals surface area contributed by atoms with Gasteiger partial charge in [0.2, 0.25) is 5.91 Å². The Morgan fingerprint density at radius 3 is 2.59 bits per heavy atom. The third-order valence-corrected chi connectivity index (χ3v) is 6.18. The molecule has 0 fully saturated rings. The zero-order valence-electron chi connectivity index (χ0n) is 18.8. The predicted octanol–water partition coefficient (Wildman–Crippen LogP) is 5.58. The highest BCUT2D eigenvalue weighted by Gasteiger charge is 2.16. The number of benzene rings is 3. The molecule has 0 atom stereocenters. The van der Waals surface area contributed by atoms with Crippen LogP contribution in [-0.2, 0) is 11.3 Å². The van der Waals surface area contributed by atoms with Crippen molar-refractivity contribution in [3.63, 3.8) is 0 Å². The average Bonchev–Trinajstić information content (AvgIpc) is 3.25. The molecule has 9 heteroatoms. The number of aryl methyl sites for hydroxylation is 1. The van der Waals surface area contributed by atoms with Crippen molar-refractivity contribution >= 4 is 40.6 Å². The molecule has 0 saturated heterocycles. The number of anilines is 2. The van der Waals surface area contributed by atoms with Gasteiger partial charge in [-0.25, -0.2) is 0 Å². The van der Waals surface area contributed by atoms with Gasteiger partial charge in [-0.15, -0.1) is 10.2 Å². The number of rotatable bonds is 9. The fraction of sp³-hybridized carbons (Fsp3) is 0.160. The fourth-order valence-corrected chi connectivity index (χ4v) is 4.38. The molecule has 4 rings (SSSR count). The van der Waals surface area contributed by atoms with Crippen molar-refractivity contribution in [2.75, 3.05) is 23.5 Å². The van der Waals surface area contributed by atoms with Gasteiger partial charge in [0.05, 0.1) is 24.4 Å². The van der Waals surface area contributed by atoms with E-state index >= 15 is 0 Å². The van der Waals surface area contributed by atoms with Crippen LogP contribution >= 0.6 is 23.4 Å². The molecule has 0 unspecified atom stereocenters. The Kier molecular flexibility index (Phi) is 7.72. The number of hydrogen-bond donors (Lipinski definition) is 2. The van der Waals surface area contributed by atoms with Crippen LogP contribution in [0.15, 0.2) is 78.0 Å². The standard InChI is InChI=1S/C25H24ClN5O2S/c1-17-7-6-8-18(13-17)27-15-23-29-30-25(31(23)20-9-4-3-5-10-20)34-16-24(32)28-19-11-12-22(33-2)21(26)14-19/h3-14,27H,15-16H2,1-2H3,(H,28,32). The third-order valence-electron chi connectivity index (χ3n) is 4.95. The van der Waals surface area contributed by atoms with Crippen molar-refractivity contribution in [3.8, 4) is 11.4 Å². The topological polar surface area (TPSA) is 81.1 Å². The van der Waals surface area contributed by atoms with Crippen LogP contribution in [0, 0.1) is 6.92 Å². The van der Waals surface area contributed by atoms with Crippen LogP contribution in [0.5, 0.6) is 5.75 Å². The Balaban J connectivity index is 1.47. The normalized spacial score (nSPS) is 10.7. The summed E-state index contributed by atoms with van der Waals surface area (Å²) >= 11 is 7.47. The van der Waals surface area contributed by atoms with Crippen molar-refractivity contribution in [1.29, 1.82) is 0 Å². The zero-order chi connectivity index (χ0) is 23.9. The molecule has 34 heavy (non-hydrogen) atoms. The van der Waals surface area contributed by atoms with Gasteiger partial charge in [0.15, 0.2) is 11.0 Å². The summed E-state index contributed by atoms with van der Waals surface area (Å²) in [6.45, 7) is 2.54. The number of nitrogens with zero attached hydrogens (tertiary/aromatic N) is 3. The maximum absolute atomic E-state index is 12.6. The van der Waals surface area contributed by atoms with Crippen molar-refractivity contribution in [2.45, 2.75) is 18.6 Å². The quantitative estimate of drug-likeness (QED) is 0.296. The molecule has 1 amide bonds. The van der Waals surface area contributed by atoms with Gasteiger partial charge in [-0.2, -0.15) is 0 Å². The first-order chi connectivity index (χ1) is 16.5. The lowest BCUT2D eigenvalue weighted by Gasteiger charge is -2.12. The largest absolute Gasteiger partial charge is 0.495 e. The fourth-order valence-electron chi connectivity index (χ4n) is 3.35.